The topological polar surface area (TPSA) is 93.7 Å². The van der Waals surface area contributed by atoms with Crippen LogP contribution >= 0.6 is 0 Å². The first-order valence-electron chi connectivity index (χ1n) is 8.39. The van der Waals surface area contributed by atoms with E-state index >= 15 is 0 Å². The zero-order valence-electron chi connectivity index (χ0n) is 15.4. The highest BCUT2D eigenvalue weighted by Gasteiger charge is 2.19. The molecule has 0 saturated heterocycles. The number of para-hydroxylation sites is 2. The summed E-state index contributed by atoms with van der Waals surface area (Å²) in [6, 6.07) is 13.8. The molecule has 0 aliphatic carbocycles. The normalized spacial score (nSPS) is 11.2. The molecular weight excluding hydrogens is 348 g/mol. The summed E-state index contributed by atoms with van der Waals surface area (Å²) in [4.78, 5) is 35.3. The van der Waals surface area contributed by atoms with Crippen LogP contribution in [0.4, 0.5) is 11.4 Å². The molecule has 0 heterocycles. The maximum absolute atomic E-state index is 12.2. The number of carbonyl (C=O) groups is 3. The third-order valence-electron chi connectivity index (χ3n) is 3.67. The number of esters is 1. The van der Waals surface area contributed by atoms with Crippen LogP contribution < -0.4 is 15.4 Å². The van der Waals surface area contributed by atoms with Gasteiger partial charge in [-0.1, -0.05) is 24.3 Å². The molecule has 2 rings (SSSR count). The molecule has 0 aromatic heterocycles. The lowest BCUT2D eigenvalue weighted by Gasteiger charge is -2.15. The highest BCUT2D eigenvalue weighted by Crippen LogP contribution is 2.23. The fourth-order valence-corrected chi connectivity index (χ4v) is 2.35. The van der Waals surface area contributed by atoms with Gasteiger partial charge in [0.15, 0.2) is 6.10 Å². The van der Waals surface area contributed by atoms with Gasteiger partial charge in [0.25, 0.3) is 5.91 Å². The summed E-state index contributed by atoms with van der Waals surface area (Å²) < 4.78 is 10.4. The Hall–Kier alpha value is -3.35. The van der Waals surface area contributed by atoms with Crippen LogP contribution in [0, 0.1) is 0 Å². The van der Waals surface area contributed by atoms with Crippen molar-refractivity contribution in [3.63, 3.8) is 0 Å². The molecule has 2 N–H and O–H groups in total. The fraction of sp³-hybridized carbons (Fsp3) is 0.250. The van der Waals surface area contributed by atoms with Gasteiger partial charge >= 0.3 is 5.97 Å². The molecule has 2 aromatic carbocycles. The average Bonchev–Trinajstić information content (AvgIpc) is 2.63. The summed E-state index contributed by atoms with van der Waals surface area (Å²) in [5, 5.41) is 5.32. The Morgan fingerprint density at radius 3 is 2.30 bits per heavy atom. The molecule has 7 heteroatoms. The smallest absolute Gasteiger partial charge is 0.311 e. The van der Waals surface area contributed by atoms with Gasteiger partial charge in [0.1, 0.15) is 5.75 Å². The number of methoxy groups -OCH3 is 1. The fourth-order valence-electron chi connectivity index (χ4n) is 2.35. The van der Waals surface area contributed by atoms with Crippen LogP contribution in [-0.2, 0) is 25.5 Å². The Labute approximate surface area is 157 Å². The van der Waals surface area contributed by atoms with E-state index in [0.29, 0.717) is 22.7 Å². The van der Waals surface area contributed by atoms with E-state index in [0.717, 1.165) is 0 Å². The molecule has 27 heavy (non-hydrogen) atoms. The van der Waals surface area contributed by atoms with Crippen molar-refractivity contribution in [1.29, 1.82) is 0 Å². The number of benzene rings is 2. The summed E-state index contributed by atoms with van der Waals surface area (Å²) in [6.07, 6.45) is -0.937. The van der Waals surface area contributed by atoms with E-state index in [2.05, 4.69) is 10.6 Å². The molecule has 0 spiro atoms. The highest BCUT2D eigenvalue weighted by molar-refractivity contribution is 5.96. The lowest BCUT2D eigenvalue weighted by Crippen LogP contribution is -2.30. The molecule has 142 valence electrons. The first kappa shape index (κ1) is 20.0. The minimum Gasteiger partial charge on any atom is -0.495 e. The Bertz CT molecular complexity index is 817. The number of hydrogen-bond acceptors (Lipinski definition) is 5. The maximum atomic E-state index is 12.2. The van der Waals surface area contributed by atoms with E-state index in [1.807, 2.05) is 0 Å². The summed E-state index contributed by atoms with van der Waals surface area (Å²) in [5.74, 6) is -0.625. The Morgan fingerprint density at radius 2 is 1.67 bits per heavy atom. The van der Waals surface area contributed by atoms with Gasteiger partial charge in [-0.25, -0.2) is 0 Å². The van der Waals surface area contributed by atoms with Crippen LogP contribution in [0.2, 0.25) is 0 Å². The number of carbonyl (C=O) groups excluding carboxylic acids is 3. The third-order valence-corrected chi connectivity index (χ3v) is 3.67. The standard InChI is InChI=1S/C20H22N2O5/c1-13(20(25)22-17-6-4-5-7-18(17)26-3)27-19(24)12-15-8-10-16(11-9-15)21-14(2)23/h4-11,13H,12H2,1-3H3,(H,21,23)(H,22,25)/t13-/m0/s1. The summed E-state index contributed by atoms with van der Waals surface area (Å²) in [6.45, 7) is 2.92. The minimum absolute atomic E-state index is 0.0205. The van der Waals surface area contributed by atoms with Crippen molar-refractivity contribution >= 4 is 29.2 Å². The van der Waals surface area contributed by atoms with Gasteiger partial charge in [0.05, 0.1) is 19.2 Å². The molecule has 0 aliphatic heterocycles. The number of nitrogens with one attached hydrogen (secondary N) is 2. The van der Waals surface area contributed by atoms with Gasteiger partial charge in [-0.15, -0.1) is 0 Å². The molecule has 0 aliphatic rings. The Kier molecular flexibility index (Phi) is 6.93. The van der Waals surface area contributed by atoms with E-state index in [9.17, 15) is 14.4 Å². The number of amides is 2. The lowest BCUT2D eigenvalue weighted by molar-refractivity contribution is -0.152. The van der Waals surface area contributed by atoms with Crippen molar-refractivity contribution in [2.75, 3.05) is 17.7 Å². The number of hydrogen-bond donors (Lipinski definition) is 2. The Balaban J connectivity index is 1.89. The molecule has 0 radical (unpaired) electrons. The second-order valence-corrected chi connectivity index (χ2v) is 5.88. The van der Waals surface area contributed by atoms with Gasteiger partial charge in [-0.2, -0.15) is 0 Å². The van der Waals surface area contributed by atoms with Crippen molar-refractivity contribution in [3.05, 3.63) is 54.1 Å². The molecular formula is C20H22N2O5. The van der Waals surface area contributed by atoms with E-state index in [1.165, 1.54) is 21.0 Å². The minimum atomic E-state index is -0.957. The van der Waals surface area contributed by atoms with Gasteiger partial charge < -0.3 is 20.1 Å². The summed E-state index contributed by atoms with van der Waals surface area (Å²) >= 11 is 0. The van der Waals surface area contributed by atoms with E-state index in [1.54, 1.807) is 48.5 Å². The molecule has 7 nitrogen and oxygen atoms in total. The van der Waals surface area contributed by atoms with Gasteiger partial charge in [0, 0.05) is 12.6 Å². The van der Waals surface area contributed by atoms with Crippen LogP contribution in [-0.4, -0.2) is 31.0 Å². The number of ether oxygens (including phenoxy) is 2. The first-order valence-corrected chi connectivity index (χ1v) is 8.39. The largest absolute Gasteiger partial charge is 0.495 e. The van der Waals surface area contributed by atoms with Crippen LogP contribution in [0.25, 0.3) is 0 Å². The zero-order valence-corrected chi connectivity index (χ0v) is 15.4. The predicted molar refractivity (Wildman–Crippen MR) is 102 cm³/mol. The summed E-state index contributed by atoms with van der Waals surface area (Å²) in [7, 11) is 1.51. The second kappa shape index (κ2) is 9.38. The zero-order chi connectivity index (χ0) is 19.8. The van der Waals surface area contributed by atoms with Crippen molar-refractivity contribution in [1.82, 2.24) is 0 Å². The molecule has 1 atom stereocenters. The Morgan fingerprint density at radius 1 is 1.00 bits per heavy atom. The average molecular weight is 370 g/mol. The molecule has 0 unspecified atom stereocenters. The van der Waals surface area contributed by atoms with E-state index in [4.69, 9.17) is 9.47 Å². The van der Waals surface area contributed by atoms with Gasteiger partial charge in [-0.05, 0) is 36.8 Å². The van der Waals surface area contributed by atoms with Gasteiger partial charge in [-0.3, -0.25) is 14.4 Å². The lowest BCUT2D eigenvalue weighted by atomic mass is 10.1. The highest BCUT2D eigenvalue weighted by atomic mass is 16.5. The van der Waals surface area contributed by atoms with Crippen LogP contribution in [0.5, 0.6) is 5.75 Å². The quantitative estimate of drug-likeness (QED) is 0.731. The monoisotopic (exact) mass is 370 g/mol. The number of anilines is 2. The van der Waals surface area contributed by atoms with E-state index in [-0.39, 0.29) is 12.3 Å². The molecule has 2 amide bonds. The molecule has 0 fully saturated rings. The SMILES string of the molecule is COc1ccccc1NC(=O)[C@H](C)OC(=O)Cc1ccc(NC(C)=O)cc1. The molecule has 2 aromatic rings. The van der Waals surface area contributed by atoms with Crippen LogP contribution in [0.15, 0.2) is 48.5 Å². The van der Waals surface area contributed by atoms with Crippen molar-refractivity contribution in [3.8, 4) is 5.75 Å². The van der Waals surface area contributed by atoms with Crippen molar-refractivity contribution in [2.24, 2.45) is 0 Å². The third kappa shape index (κ3) is 6.14. The summed E-state index contributed by atoms with van der Waals surface area (Å²) in [5.41, 5.74) is 1.86. The van der Waals surface area contributed by atoms with Gasteiger partial charge in [0.2, 0.25) is 5.91 Å². The van der Waals surface area contributed by atoms with Crippen LogP contribution in [0.1, 0.15) is 19.4 Å². The number of rotatable bonds is 7. The van der Waals surface area contributed by atoms with Crippen LogP contribution in [0.3, 0.4) is 0 Å². The molecule has 0 saturated carbocycles. The van der Waals surface area contributed by atoms with Crippen molar-refractivity contribution in [2.45, 2.75) is 26.4 Å². The second-order valence-electron chi connectivity index (χ2n) is 5.88. The molecule has 0 bridgehead atoms. The van der Waals surface area contributed by atoms with Crippen molar-refractivity contribution < 1.29 is 23.9 Å². The first-order chi connectivity index (χ1) is 12.9. The maximum Gasteiger partial charge on any atom is 0.311 e. The van der Waals surface area contributed by atoms with E-state index < -0.39 is 18.0 Å². The predicted octanol–water partition coefficient (Wildman–Crippen LogP) is 2.77.